The second-order valence-corrected chi connectivity index (χ2v) is 6.65. The van der Waals surface area contributed by atoms with E-state index in [0.29, 0.717) is 12.8 Å². The van der Waals surface area contributed by atoms with Gasteiger partial charge in [-0.1, -0.05) is 6.92 Å². The number of hydrogen-bond acceptors (Lipinski definition) is 4. The second-order valence-electron chi connectivity index (χ2n) is 4.42. The van der Waals surface area contributed by atoms with Crippen LogP contribution in [-0.4, -0.2) is 43.5 Å². The molecule has 0 saturated carbocycles. The van der Waals surface area contributed by atoms with Gasteiger partial charge < -0.3 is 10.4 Å². The van der Waals surface area contributed by atoms with Gasteiger partial charge in [-0.3, -0.25) is 9.59 Å². The first-order valence-electron chi connectivity index (χ1n) is 5.53. The fourth-order valence-corrected chi connectivity index (χ4v) is 3.42. The molecule has 0 radical (unpaired) electrons. The molecule has 98 valence electrons. The average molecular weight is 263 g/mol. The SMILES string of the molecule is CC(CCNC(=O)C1CCS(=O)(=O)C1)C(=O)O. The number of sulfone groups is 1. The lowest BCUT2D eigenvalue weighted by Gasteiger charge is -2.10. The number of carboxylic acid groups (broad SMARTS) is 1. The molecule has 0 aromatic carbocycles. The quantitative estimate of drug-likeness (QED) is 0.706. The maximum Gasteiger partial charge on any atom is 0.306 e. The van der Waals surface area contributed by atoms with Crippen molar-refractivity contribution in [3.8, 4) is 0 Å². The van der Waals surface area contributed by atoms with Crippen molar-refractivity contribution in [2.75, 3.05) is 18.1 Å². The molecule has 1 aliphatic rings. The van der Waals surface area contributed by atoms with Crippen LogP contribution in [0.5, 0.6) is 0 Å². The lowest BCUT2D eigenvalue weighted by molar-refractivity contribution is -0.141. The molecule has 1 amide bonds. The van der Waals surface area contributed by atoms with Crippen molar-refractivity contribution < 1.29 is 23.1 Å². The van der Waals surface area contributed by atoms with Crippen LogP contribution < -0.4 is 5.32 Å². The molecular formula is C10H17NO5S. The van der Waals surface area contributed by atoms with Gasteiger partial charge in [-0.15, -0.1) is 0 Å². The summed E-state index contributed by atoms with van der Waals surface area (Å²) in [5, 5.41) is 11.2. The Balaban J connectivity index is 2.29. The van der Waals surface area contributed by atoms with Crippen LogP contribution in [-0.2, 0) is 19.4 Å². The highest BCUT2D eigenvalue weighted by molar-refractivity contribution is 7.91. The van der Waals surface area contributed by atoms with Crippen LogP contribution in [0.4, 0.5) is 0 Å². The molecule has 1 aliphatic heterocycles. The minimum atomic E-state index is -3.05. The van der Waals surface area contributed by atoms with Gasteiger partial charge in [0.1, 0.15) is 0 Å². The summed E-state index contributed by atoms with van der Waals surface area (Å²) in [5.74, 6) is -2.20. The first kappa shape index (κ1) is 14.0. The predicted octanol–water partition coefficient (Wildman–Crippen LogP) is -0.352. The average Bonchev–Trinajstić information content (AvgIpc) is 2.58. The minimum absolute atomic E-state index is 0.0661. The maximum absolute atomic E-state index is 11.6. The van der Waals surface area contributed by atoms with E-state index in [2.05, 4.69) is 5.32 Å². The lowest BCUT2D eigenvalue weighted by atomic mass is 10.1. The Morgan fingerprint density at radius 2 is 2.12 bits per heavy atom. The Hall–Kier alpha value is -1.11. The molecule has 6 nitrogen and oxygen atoms in total. The largest absolute Gasteiger partial charge is 0.481 e. The van der Waals surface area contributed by atoms with Gasteiger partial charge in [0.15, 0.2) is 9.84 Å². The first-order chi connectivity index (χ1) is 7.82. The van der Waals surface area contributed by atoms with Crippen LogP contribution in [0.25, 0.3) is 0 Å². The highest BCUT2D eigenvalue weighted by atomic mass is 32.2. The van der Waals surface area contributed by atoms with E-state index in [9.17, 15) is 18.0 Å². The third-order valence-corrected chi connectivity index (χ3v) is 4.67. The maximum atomic E-state index is 11.6. The molecule has 0 aliphatic carbocycles. The molecule has 1 rings (SSSR count). The summed E-state index contributed by atoms with van der Waals surface area (Å²) < 4.78 is 22.3. The van der Waals surface area contributed by atoms with Gasteiger partial charge in [-0.25, -0.2) is 8.42 Å². The monoisotopic (exact) mass is 263 g/mol. The van der Waals surface area contributed by atoms with Gasteiger partial charge in [-0.05, 0) is 12.8 Å². The van der Waals surface area contributed by atoms with Crippen molar-refractivity contribution in [1.82, 2.24) is 5.32 Å². The number of amides is 1. The summed E-state index contributed by atoms with van der Waals surface area (Å²) in [5.41, 5.74) is 0. The minimum Gasteiger partial charge on any atom is -0.481 e. The Morgan fingerprint density at radius 1 is 1.47 bits per heavy atom. The normalized spacial score (nSPS) is 24.2. The van der Waals surface area contributed by atoms with Crippen LogP contribution >= 0.6 is 0 Å². The number of carbonyl (C=O) groups excluding carboxylic acids is 1. The van der Waals surface area contributed by atoms with Crippen molar-refractivity contribution in [3.05, 3.63) is 0 Å². The summed E-state index contributed by atoms with van der Waals surface area (Å²) >= 11 is 0. The predicted molar refractivity (Wildman–Crippen MR) is 61.2 cm³/mol. The molecule has 1 saturated heterocycles. The number of carboxylic acids is 1. The van der Waals surface area contributed by atoms with Gasteiger partial charge in [0.25, 0.3) is 0 Å². The standard InChI is InChI=1S/C10H17NO5S/c1-7(10(13)14)2-4-11-9(12)8-3-5-17(15,16)6-8/h7-8H,2-6H2,1H3,(H,11,12)(H,13,14). The molecule has 0 aromatic heterocycles. The molecule has 7 heteroatoms. The summed E-state index contributed by atoms with van der Waals surface area (Å²) in [6.45, 7) is 1.83. The van der Waals surface area contributed by atoms with Crippen molar-refractivity contribution in [1.29, 1.82) is 0 Å². The van der Waals surface area contributed by atoms with E-state index in [0.717, 1.165) is 0 Å². The number of rotatable bonds is 5. The van der Waals surface area contributed by atoms with Crippen LogP contribution in [0, 0.1) is 11.8 Å². The van der Waals surface area contributed by atoms with Gasteiger partial charge >= 0.3 is 5.97 Å². The number of hydrogen-bond donors (Lipinski definition) is 2. The smallest absolute Gasteiger partial charge is 0.306 e. The van der Waals surface area contributed by atoms with E-state index in [1.54, 1.807) is 6.92 Å². The van der Waals surface area contributed by atoms with E-state index in [1.165, 1.54) is 0 Å². The molecule has 2 unspecified atom stereocenters. The topological polar surface area (TPSA) is 101 Å². The van der Waals surface area contributed by atoms with E-state index in [-0.39, 0.29) is 24.0 Å². The zero-order valence-electron chi connectivity index (χ0n) is 9.68. The zero-order chi connectivity index (χ0) is 13.1. The highest BCUT2D eigenvalue weighted by Crippen LogP contribution is 2.18. The molecule has 1 heterocycles. The second kappa shape index (κ2) is 5.48. The van der Waals surface area contributed by atoms with Crippen LogP contribution in [0.15, 0.2) is 0 Å². The number of aliphatic carboxylic acids is 1. The summed E-state index contributed by atoms with van der Waals surface area (Å²) in [6, 6.07) is 0. The van der Waals surface area contributed by atoms with Crippen LogP contribution in [0.3, 0.4) is 0 Å². The number of nitrogens with one attached hydrogen (secondary N) is 1. The molecule has 17 heavy (non-hydrogen) atoms. The summed E-state index contributed by atoms with van der Waals surface area (Å²) in [4.78, 5) is 22.1. The van der Waals surface area contributed by atoms with E-state index in [4.69, 9.17) is 5.11 Å². The van der Waals surface area contributed by atoms with Crippen molar-refractivity contribution >= 4 is 21.7 Å². The van der Waals surface area contributed by atoms with Gasteiger partial charge in [0, 0.05) is 6.54 Å². The Bertz CT molecular complexity index is 403. The fraction of sp³-hybridized carbons (Fsp3) is 0.800. The van der Waals surface area contributed by atoms with Crippen LogP contribution in [0.1, 0.15) is 19.8 Å². The third kappa shape index (κ3) is 4.33. The fourth-order valence-electron chi connectivity index (χ4n) is 1.68. The Kier molecular flexibility index (Phi) is 4.50. The number of carbonyl (C=O) groups is 2. The van der Waals surface area contributed by atoms with Gasteiger partial charge in [0.2, 0.25) is 5.91 Å². The van der Waals surface area contributed by atoms with E-state index >= 15 is 0 Å². The highest BCUT2D eigenvalue weighted by Gasteiger charge is 2.32. The van der Waals surface area contributed by atoms with Crippen molar-refractivity contribution in [2.24, 2.45) is 11.8 Å². The molecule has 0 spiro atoms. The Labute approximate surface area is 100 Å². The zero-order valence-corrected chi connectivity index (χ0v) is 10.5. The lowest BCUT2D eigenvalue weighted by Crippen LogP contribution is -2.33. The van der Waals surface area contributed by atoms with Gasteiger partial charge in [0.05, 0.1) is 23.3 Å². The first-order valence-corrected chi connectivity index (χ1v) is 7.35. The van der Waals surface area contributed by atoms with E-state index in [1.807, 2.05) is 0 Å². The van der Waals surface area contributed by atoms with Crippen molar-refractivity contribution in [3.63, 3.8) is 0 Å². The molecule has 2 N–H and O–H groups in total. The van der Waals surface area contributed by atoms with Crippen LogP contribution in [0.2, 0.25) is 0 Å². The van der Waals surface area contributed by atoms with Crippen molar-refractivity contribution in [2.45, 2.75) is 19.8 Å². The third-order valence-electron chi connectivity index (χ3n) is 2.90. The molecule has 1 fully saturated rings. The Morgan fingerprint density at radius 3 is 2.59 bits per heavy atom. The summed E-state index contributed by atoms with van der Waals surface area (Å²) in [6.07, 6.45) is 0.712. The van der Waals surface area contributed by atoms with Gasteiger partial charge in [-0.2, -0.15) is 0 Å². The molecule has 0 bridgehead atoms. The van der Waals surface area contributed by atoms with E-state index < -0.39 is 27.6 Å². The summed E-state index contributed by atoms with van der Waals surface area (Å²) in [7, 11) is -3.05. The molecule has 2 atom stereocenters. The molecular weight excluding hydrogens is 246 g/mol. The molecule has 0 aromatic rings.